The van der Waals surface area contributed by atoms with E-state index in [1.807, 2.05) is 4.90 Å². The van der Waals surface area contributed by atoms with Gasteiger partial charge in [0.1, 0.15) is 5.75 Å². The molecule has 0 aromatic heterocycles. The highest BCUT2D eigenvalue weighted by Gasteiger charge is 2.26. The van der Waals surface area contributed by atoms with Gasteiger partial charge in [-0.1, -0.05) is 0 Å². The van der Waals surface area contributed by atoms with Gasteiger partial charge in [0, 0.05) is 24.7 Å². The maximum Gasteiger partial charge on any atom is 0.253 e. The fraction of sp³-hybridized carbons (Fsp3) is 0.562. The molecule has 1 aromatic carbocycles. The summed E-state index contributed by atoms with van der Waals surface area (Å²) in [5, 5.41) is 13.3. The number of benzene rings is 1. The van der Waals surface area contributed by atoms with E-state index in [4.69, 9.17) is 0 Å². The molecule has 1 aliphatic carbocycles. The topological polar surface area (TPSA) is 52.6 Å². The molecule has 114 valence electrons. The summed E-state index contributed by atoms with van der Waals surface area (Å²) in [6, 6.07) is 5.70. The van der Waals surface area contributed by atoms with Crippen LogP contribution in [0.3, 0.4) is 0 Å². The van der Waals surface area contributed by atoms with Gasteiger partial charge in [-0.15, -0.1) is 0 Å². The number of phenols is 1. The summed E-state index contributed by atoms with van der Waals surface area (Å²) in [6.07, 6.45) is 4.80. The Kier molecular flexibility index (Phi) is 4.69. The number of carbonyl (C=O) groups is 1. The normalized spacial score (nSPS) is 19.8. The minimum Gasteiger partial charge on any atom is -0.507 e. The minimum atomic E-state index is 0.0299. The SMILES string of the molecule is O=C(c1ccc(I)c(O)c1)N1CCC(NCC2CC2)CC1. The number of nitrogens with one attached hydrogen (secondary N) is 1. The number of halogens is 1. The lowest BCUT2D eigenvalue weighted by molar-refractivity contribution is 0.0704. The van der Waals surface area contributed by atoms with Crippen LogP contribution in [0.15, 0.2) is 18.2 Å². The van der Waals surface area contributed by atoms with Gasteiger partial charge in [0.25, 0.3) is 5.91 Å². The number of phenolic OH excluding ortho intramolecular Hbond substituents is 1. The molecule has 1 saturated heterocycles. The van der Waals surface area contributed by atoms with Gasteiger partial charge in [-0.05, 0) is 78.9 Å². The van der Waals surface area contributed by atoms with E-state index in [2.05, 4.69) is 27.9 Å². The van der Waals surface area contributed by atoms with E-state index in [-0.39, 0.29) is 11.7 Å². The Hall–Kier alpha value is -0.820. The van der Waals surface area contributed by atoms with Crippen LogP contribution in [0, 0.1) is 9.49 Å². The molecule has 5 heteroatoms. The molecule has 1 aliphatic heterocycles. The summed E-state index contributed by atoms with van der Waals surface area (Å²) in [5.41, 5.74) is 0.581. The van der Waals surface area contributed by atoms with E-state index in [0.29, 0.717) is 11.6 Å². The monoisotopic (exact) mass is 400 g/mol. The molecular formula is C16H21IN2O2. The zero-order valence-electron chi connectivity index (χ0n) is 12.0. The van der Waals surface area contributed by atoms with Crippen LogP contribution in [0.25, 0.3) is 0 Å². The third-order valence-corrected chi connectivity index (χ3v) is 5.28. The predicted octanol–water partition coefficient (Wildman–Crippen LogP) is 2.60. The molecule has 1 saturated carbocycles. The van der Waals surface area contributed by atoms with Crippen molar-refractivity contribution in [3.63, 3.8) is 0 Å². The molecule has 0 radical (unpaired) electrons. The number of hydrogen-bond acceptors (Lipinski definition) is 3. The van der Waals surface area contributed by atoms with Gasteiger partial charge in [0.15, 0.2) is 0 Å². The van der Waals surface area contributed by atoms with Crippen molar-refractivity contribution in [1.82, 2.24) is 10.2 Å². The summed E-state index contributed by atoms with van der Waals surface area (Å²) >= 11 is 2.06. The fourth-order valence-corrected chi connectivity index (χ4v) is 3.11. The Morgan fingerprint density at radius 3 is 2.62 bits per heavy atom. The standard InChI is InChI=1S/C16H21IN2O2/c17-14-4-3-12(9-15(14)20)16(21)19-7-5-13(6-8-19)18-10-11-1-2-11/h3-4,9,11,13,18,20H,1-2,5-8,10H2. The molecule has 0 bridgehead atoms. The average Bonchev–Trinajstić information content (AvgIpc) is 3.32. The Balaban J connectivity index is 1.52. The van der Waals surface area contributed by atoms with Crippen LogP contribution in [0.5, 0.6) is 5.75 Å². The number of aromatic hydroxyl groups is 1. The van der Waals surface area contributed by atoms with Crippen molar-refractivity contribution in [2.75, 3.05) is 19.6 Å². The van der Waals surface area contributed by atoms with E-state index in [1.165, 1.54) is 12.8 Å². The van der Waals surface area contributed by atoms with Gasteiger partial charge < -0.3 is 15.3 Å². The second kappa shape index (κ2) is 6.52. The minimum absolute atomic E-state index is 0.0299. The van der Waals surface area contributed by atoms with Crippen molar-refractivity contribution in [3.05, 3.63) is 27.3 Å². The van der Waals surface area contributed by atoms with E-state index in [0.717, 1.165) is 42.0 Å². The number of rotatable bonds is 4. The van der Waals surface area contributed by atoms with E-state index in [9.17, 15) is 9.90 Å². The van der Waals surface area contributed by atoms with Crippen LogP contribution < -0.4 is 5.32 Å². The average molecular weight is 400 g/mol. The summed E-state index contributed by atoms with van der Waals surface area (Å²) < 4.78 is 0.770. The summed E-state index contributed by atoms with van der Waals surface area (Å²) in [7, 11) is 0. The van der Waals surface area contributed by atoms with Crippen LogP contribution in [0.1, 0.15) is 36.0 Å². The number of amides is 1. The first-order valence-corrected chi connectivity index (χ1v) is 8.72. The summed E-state index contributed by atoms with van der Waals surface area (Å²) in [4.78, 5) is 14.3. The van der Waals surface area contributed by atoms with Gasteiger partial charge >= 0.3 is 0 Å². The quantitative estimate of drug-likeness (QED) is 0.765. The zero-order valence-corrected chi connectivity index (χ0v) is 14.2. The largest absolute Gasteiger partial charge is 0.507 e. The Morgan fingerprint density at radius 1 is 1.29 bits per heavy atom. The highest BCUT2D eigenvalue weighted by molar-refractivity contribution is 14.1. The Bertz CT molecular complexity index is 523. The van der Waals surface area contributed by atoms with Crippen LogP contribution in [-0.2, 0) is 0 Å². The van der Waals surface area contributed by atoms with Gasteiger partial charge in [-0.25, -0.2) is 0 Å². The molecule has 2 aliphatic rings. The lowest BCUT2D eigenvalue weighted by Gasteiger charge is -2.32. The number of hydrogen-bond donors (Lipinski definition) is 2. The van der Waals surface area contributed by atoms with Crippen molar-refractivity contribution in [2.45, 2.75) is 31.7 Å². The van der Waals surface area contributed by atoms with Crippen molar-refractivity contribution in [3.8, 4) is 5.75 Å². The van der Waals surface area contributed by atoms with Crippen molar-refractivity contribution in [1.29, 1.82) is 0 Å². The molecule has 0 atom stereocenters. The first-order chi connectivity index (χ1) is 10.1. The van der Waals surface area contributed by atoms with E-state index in [1.54, 1.807) is 18.2 Å². The zero-order chi connectivity index (χ0) is 14.8. The molecule has 21 heavy (non-hydrogen) atoms. The fourth-order valence-electron chi connectivity index (χ4n) is 2.77. The van der Waals surface area contributed by atoms with Crippen molar-refractivity contribution < 1.29 is 9.90 Å². The van der Waals surface area contributed by atoms with Crippen molar-refractivity contribution >= 4 is 28.5 Å². The molecular weight excluding hydrogens is 379 g/mol. The molecule has 1 amide bonds. The van der Waals surface area contributed by atoms with Crippen LogP contribution in [0.4, 0.5) is 0 Å². The van der Waals surface area contributed by atoms with E-state index < -0.39 is 0 Å². The molecule has 2 N–H and O–H groups in total. The third kappa shape index (κ3) is 3.88. The lowest BCUT2D eigenvalue weighted by Crippen LogP contribution is -2.45. The molecule has 4 nitrogen and oxygen atoms in total. The van der Waals surface area contributed by atoms with Crippen LogP contribution >= 0.6 is 22.6 Å². The highest BCUT2D eigenvalue weighted by Crippen LogP contribution is 2.28. The van der Waals surface area contributed by atoms with Gasteiger partial charge in [-0.3, -0.25) is 4.79 Å². The van der Waals surface area contributed by atoms with Gasteiger partial charge in [-0.2, -0.15) is 0 Å². The highest BCUT2D eigenvalue weighted by atomic mass is 127. The molecule has 2 fully saturated rings. The van der Waals surface area contributed by atoms with Crippen LogP contribution in [0.2, 0.25) is 0 Å². The maximum atomic E-state index is 12.4. The first kappa shape index (κ1) is 15.1. The van der Waals surface area contributed by atoms with Gasteiger partial charge in [0.05, 0.1) is 3.57 Å². The number of nitrogens with zero attached hydrogens (tertiary/aromatic N) is 1. The summed E-state index contributed by atoms with van der Waals surface area (Å²) in [5.74, 6) is 1.12. The predicted molar refractivity (Wildman–Crippen MR) is 90.5 cm³/mol. The van der Waals surface area contributed by atoms with Crippen LogP contribution in [-0.4, -0.2) is 41.6 Å². The molecule has 0 unspecified atom stereocenters. The summed E-state index contributed by atoms with van der Waals surface area (Å²) in [6.45, 7) is 2.74. The van der Waals surface area contributed by atoms with Crippen molar-refractivity contribution in [2.24, 2.45) is 5.92 Å². The second-order valence-corrected chi connectivity index (χ2v) is 7.25. The Morgan fingerprint density at radius 2 is 2.00 bits per heavy atom. The molecule has 0 spiro atoms. The third-order valence-electron chi connectivity index (χ3n) is 4.37. The number of piperidine rings is 1. The second-order valence-electron chi connectivity index (χ2n) is 6.08. The smallest absolute Gasteiger partial charge is 0.253 e. The maximum absolute atomic E-state index is 12.4. The van der Waals surface area contributed by atoms with E-state index >= 15 is 0 Å². The first-order valence-electron chi connectivity index (χ1n) is 7.64. The molecule has 1 heterocycles. The number of carbonyl (C=O) groups excluding carboxylic acids is 1. The Labute approximate surface area is 139 Å². The number of likely N-dealkylation sites (tertiary alicyclic amines) is 1. The lowest BCUT2D eigenvalue weighted by atomic mass is 10.0. The van der Waals surface area contributed by atoms with Gasteiger partial charge in [0.2, 0.25) is 0 Å². The molecule has 3 rings (SSSR count). The molecule has 1 aromatic rings.